The molecule has 1 aromatic heterocycles. The van der Waals surface area contributed by atoms with Gasteiger partial charge in [-0.2, -0.15) is 13.2 Å². The highest BCUT2D eigenvalue weighted by Crippen LogP contribution is 2.48. The van der Waals surface area contributed by atoms with Gasteiger partial charge in [0.15, 0.2) is 0 Å². The molecular formula is C25H25F4N3O3. The van der Waals surface area contributed by atoms with Crippen molar-refractivity contribution in [3.05, 3.63) is 64.7 Å². The van der Waals surface area contributed by atoms with Crippen LogP contribution in [0.25, 0.3) is 0 Å². The van der Waals surface area contributed by atoms with Gasteiger partial charge in [-0.3, -0.25) is 14.6 Å². The SMILES string of the molecule is CCc1ccnc(C(=O)N2[C@@H](C(=O)NC(c3ccc(C(F)(F)F)cc3F)C3COC3)C[C@H]3C[C@H]32)c1. The van der Waals surface area contributed by atoms with Gasteiger partial charge in [0.2, 0.25) is 5.91 Å². The van der Waals surface area contributed by atoms with Crippen molar-refractivity contribution in [2.75, 3.05) is 13.2 Å². The number of piperidine rings is 1. The zero-order valence-corrected chi connectivity index (χ0v) is 19.0. The van der Waals surface area contributed by atoms with Crippen LogP contribution in [0.5, 0.6) is 0 Å². The van der Waals surface area contributed by atoms with E-state index in [1.807, 2.05) is 13.0 Å². The molecule has 1 N–H and O–H groups in total. The first-order valence-corrected chi connectivity index (χ1v) is 11.7. The van der Waals surface area contributed by atoms with Crippen molar-refractivity contribution < 1.29 is 31.9 Å². The van der Waals surface area contributed by atoms with Crippen LogP contribution in [0.15, 0.2) is 36.5 Å². The van der Waals surface area contributed by atoms with Gasteiger partial charge in [0.05, 0.1) is 24.8 Å². The quantitative estimate of drug-likeness (QED) is 0.623. The van der Waals surface area contributed by atoms with Gasteiger partial charge >= 0.3 is 6.18 Å². The normalized spacial score (nSPS) is 24.5. The maximum absolute atomic E-state index is 14.8. The third-order valence-corrected chi connectivity index (χ3v) is 7.19. The van der Waals surface area contributed by atoms with E-state index in [-0.39, 0.29) is 48.3 Å². The van der Waals surface area contributed by atoms with Crippen LogP contribution in [0.1, 0.15) is 53.0 Å². The molecule has 0 spiro atoms. The smallest absolute Gasteiger partial charge is 0.381 e. The number of carbonyl (C=O) groups is 2. The van der Waals surface area contributed by atoms with Crippen molar-refractivity contribution in [3.8, 4) is 0 Å². The van der Waals surface area contributed by atoms with Crippen molar-refractivity contribution in [1.29, 1.82) is 0 Å². The zero-order chi connectivity index (χ0) is 24.9. The summed E-state index contributed by atoms with van der Waals surface area (Å²) in [5, 5.41) is 2.82. The number of carbonyl (C=O) groups excluding carboxylic acids is 2. The topological polar surface area (TPSA) is 71.5 Å². The third kappa shape index (κ3) is 4.51. The Labute approximate surface area is 199 Å². The van der Waals surface area contributed by atoms with E-state index in [4.69, 9.17) is 4.74 Å². The summed E-state index contributed by atoms with van der Waals surface area (Å²) >= 11 is 0. The van der Waals surface area contributed by atoms with Gasteiger partial charge in [0.1, 0.15) is 17.6 Å². The second-order valence-electron chi connectivity index (χ2n) is 9.45. The van der Waals surface area contributed by atoms with Gasteiger partial charge in [-0.05, 0) is 55.0 Å². The number of alkyl halides is 3. The molecule has 3 fully saturated rings. The number of fused-ring (bicyclic) bond motifs is 1. The van der Waals surface area contributed by atoms with Gasteiger partial charge in [0, 0.05) is 23.7 Å². The lowest BCUT2D eigenvalue weighted by Gasteiger charge is -2.36. The molecule has 3 aliphatic rings. The van der Waals surface area contributed by atoms with Crippen molar-refractivity contribution in [1.82, 2.24) is 15.2 Å². The average molecular weight is 491 g/mol. The predicted octanol–water partition coefficient (Wildman–Crippen LogP) is 3.91. The van der Waals surface area contributed by atoms with Gasteiger partial charge < -0.3 is 15.0 Å². The summed E-state index contributed by atoms with van der Waals surface area (Å²) in [6.07, 6.45) is -1.06. The zero-order valence-electron chi connectivity index (χ0n) is 19.0. The van der Waals surface area contributed by atoms with Crippen molar-refractivity contribution in [3.63, 3.8) is 0 Å². The fourth-order valence-corrected chi connectivity index (χ4v) is 5.03. The van der Waals surface area contributed by atoms with Crippen LogP contribution in [-0.4, -0.2) is 47.0 Å². The molecule has 2 aliphatic heterocycles. The second-order valence-corrected chi connectivity index (χ2v) is 9.45. The summed E-state index contributed by atoms with van der Waals surface area (Å²) in [6, 6.07) is 4.21. The summed E-state index contributed by atoms with van der Waals surface area (Å²) < 4.78 is 59.0. The molecule has 10 heteroatoms. The Morgan fingerprint density at radius 1 is 1.20 bits per heavy atom. The standard InChI is InChI=1S/C25H25F4N3O3/c1-2-13-5-6-30-19(7-13)24(34)32-20-8-14(20)9-21(32)23(33)31-22(15-11-35-12-15)17-4-3-16(10-18(17)26)25(27,28)29/h3-7,10,14-15,20-22H,2,8-9,11-12H2,1H3,(H,31,33)/t14-,20-,21-,22?/m1/s1. The molecule has 0 bridgehead atoms. The monoisotopic (exact) mass is 491 g/mol. The number of ether oxygens (including phenoxy) is 1. The largest absolute Gasteiger partial charge is 0.416 e. The molecule has 2 saturated heterocycles. The number of pyridine rings is 1. The molecule has 2 aromatic rings. The van der Waals surface area contributed by atoms with E-state index < -0.39 is 35.5 Å². The maximum atomic E-state index is 14.8. The fraction of sp³-hybridized carbons (Fsp3) is 0.480. The van der Waals surface area contributed by atoms with Gasteiger partial charge in [-0.1, -0.05) is 13.0 Å². The molecule has 0 radical (unpaired) electrons. The molecule has 1 saturated carbocycles. The van der Waals surface area contributed by atoms with Crippen LogP contribution < -0.4 is 5.32 Å². The number of amides is 2. The lowest BCUT2D eigenvalue weighted by atomic mass is 9.90. The molecule has 2 amide bonds. The highest BCUT2D eigenvalue weighted by molar-refractivity contribution is 5.97. The molecule has 3 heterocycles. The van der Waals surface area contributed by atoms with Crippen LogP contribution in [-0.2, 0) is 22.1 Å². The third-order valence-electron chi connectivity index (χ3n) is 7.19. The molecule has 186 valence electrons. The Kier molecular flexibility index (Phi) is 6.03. The molecule has 35 heavy (non-hydrogen) atoms. The van der Waals surface area contributed by atoms with E-state index >= 15 is 0 Å². The molecule has 5 rings (SSSR count). The van der Waals surface area contributed by atoms with Gasteiger partial charge in [-0.15, -0.1) is 0 Å². The minimum Gasteiger partial charge on any atom is -0.381 e. The van der Waals surface area contributed by atoms with Crippen LogP contribution in [0.3, 0.4) is 0 Å². The van der Waals surface area contributed by atoms with Gasteiger partial charge in [0.25, 0.3) is 5.91 Å². The number of likely N-dealkylation sites (tertiary alicyclic amines) is 1. The summed E-state index contributed by atoms with van der Waals surface area (Å²) in [6.45, 7) is 2.46. The Bertz CT molecular complexity index is 1150. The highest BCUT2D eigenvalue weighted by Gasteiger charge is 2.56. The van der Waals surface area contributed by atoms with E-state index in [2.05, 4.69) is 10.3 Å². The van der Waals surface area contributed by atoms with E-state index in [1.165, 1.54) is 0 Å². The summed E-state index contributed by atoms with van der Waals surface area (Å²) in [5.41, 5.74) is 0.104. The number of aromatic nitrogens is 1. The number of benzene rings is 1. The Hall–Kier alpha value is -3.01. The first kappa shape index (κ1) is 23.7. The molecule has 1 aromatic carbocycles. The molecule has 6 nitrogen and oxygen atoms in total. The predicted molar refractivity (Wildman–Crippen MR) is 117 cm³/mol. The number of nitrogens with zero attached hydrogens (tertiary/aromatic N) is 2. The fourth-order valence-electron chi connectivity index (χ4n) is 5.03. The number of hydrogen-bond donors (Lipinski definition) is 1. The van der Waals surface area contributed by atoms with Crippen molar-refractivity contribution in [2.24, 2.45) is 11.8 Å². The van der Waals surface area contributed by atoms with Crippen LogP contribution in [0.2, 0.25) is 0 Å². The lowest BCUT2D eigenvalue weighted by Crippen LogP contribution is -2.51. The average Bonchev–Trinajstić information content (AvgIpc) is 3.45. The van der Waals surface area contributed by atoms with Crippen LogP contribution in [0.4, 0.5) is 17.6 Å². The first-order valence-electron chi connectivity index (χ1n) is 11.7. The van der Waals surface area contributed by atoms with Crippen molar-refractivity contribution >= 4 is 11.8 Å². The van der Waals surface area contributed by atoms with Crippen LogP contribution in [0, 0.1) is 17.7 Å². The summed E-state index contributed by atoms with van der Waals surface area (Å²) in [7, 11) is 0. The maximum Gasteiger partial charge on any atom is 0.416 e. The minimum absolute atomic E-state index is 0.0296. The van der Waals surface area contributed by atoms with E-state index in [0.717, 1.165) is 30.5 Å². The van der Waals surface area contributed by atoms with Gasteiger partial charge in [-0.25, -0.2) is 4.39 Å². The Morgan fingerprint density at radius 3 is 2.60 bits per heavy atom. The lowest BCUT2D eigenvalue weighted by molar-refractivity contribution is -0.138. The van der Waals surface area contributed by atoms with Crippen LogP contribution >= 0.6 is 0 Å². The molecular weight excluding hydrogens is 466 g/mol. The Balaban J connectivity index is 1.38. The molecule has 4 atom stereocenters. The number of aryl methyl sites for hydroxylation is 1. The first-order chi connectivity index (χ1) is 16.7. The number of hydrogen-bond acceptors (Lipinski definition) is 4. The number of halogens is 4. The van der Waals surface area contributed by atoms with E-state index in [9.17, 15) is 27.2 Å². The molecule has 1 unspecified atom stereocenters. The second kappa shape index (κ2) is 8.89. The number of nitrogens with one attached hydrogen (secondary N) is 1. The minimum atomic E-state index is -4.67. The number of rotatable bonds is 6. The summed E-state index contributed by atoms with van der Waals surface area (Å²) in [4.78, 5) is 32.4. The summed E-state index contributed by atoms with van der Waals surface area (Å²) in [5.74, 6) is -1.88. The Morgan fingerprint density at radius 2 is 1.97 bits per heavy atom. The van der Waals surface area contributed by atoms with Crippen molar-refractivity contribution in [2.45, 2.75) is 50.5 Å². The highest BCUT2D eigenvalue weighted by atomic mass is 19.4. The van der Waals surface area contributed by atoms with E-state index in [0.29, 0.717) is 12.5 Å². The van der Waals surface area contributed by atoms with E-state index in [1.54, 1.807) is 17.2 Å². The molecule has 1 aliphatic carbocycles.